The minimum Gasteiger partial charge on any atom is -0.389 e. The highest BCUT2D eigenvalue weighted by Crippen LogP contribution is 2.24. The summed E-state index contributed by atoms with van der Waals surface area (Å²) in [5.74, 6) is 1.72. The van der Waals surface area contributed by atoms with E-state index in [1.807, 2.05) is 18.3 Å². The first kappa shape index (κ1) is 14.2. The quantitative estimate of drug-likeness (QED) is 0.846. The van der Waals surface area contributed by atoms with E-state index in [0.29, 0.717) is 4.99 Å². The highest BCUT2D eigenvalue weighted by molar-refractivity contribution is 7.80. The Morgan fingerprint density at radius 2 is 2.16 bits per heavy atom. The molecular formula is C14H22N4S. The first-order valence-electron chi connectivity index (χ1n) is 6.72. The Hall–Kier alpha value is -1.20. The molecule has 5 heteroatoms. The Morgan fingerprint density at radius 3 is 2.74 bits per heavy atom. The van der Waals surface area contributed by atoms with E-state index in [1.54, 1.807) is 0 Å². The molecule has 0 aliphatic carbocycles. The van der Waals surface area contributed by atoms with Crippen LogP contribution in [0.2, 0.25) is 0 Å². The number of anilines is 1. The van der Waals surface area contributed by atoms with Gasteiger partial charge in [-0.25, -0.2) is 4.98 Å². The molecule has 2 N–H and O–H groups in total. The monoisotopic (exact) mass is 278 g/mol. The standard InChI is InChI=1S/C14H22N4S/c1-17(2)10-11-5-8-18(9-6-11)14-12(13(15)19)4-3-7-16-14/h3-4,7,11H,5-6,8-10H2,1-2H3,(H2,15,19). The van der Waals surface area contributed by atoms with Crippen molar-refractivity contribution in [2.75, 3.05) is 38.6 Å². The molecule has 2 heterocycles. The molecule has 1 aromatic rings. The Labute approximate surface area is 120 Å². The lowest BCUT2D eigenvalue weighted by molar-refractivity contribution is 0.284. The van der Waals surface area contributed by atoms with Crippen LogP contribution >= 0.6 is 12.2 Å². The van der Waals surface area contributed by atoms with Gasteiger partial charge < -0.3 is 15.5 Å². The topological polar surface area (TPSA) is 45.4 Å². The van der Waals surface area contributed by atoms with Crippen LogP contribution in [0.25, 0.3) is 0 Å². The van der Waals surface area contributed by atoms with Gasteiger partial charge in [0.25, 0.3) is 0 Å². The number of nitrogens with two attached hydrogens (primary N) is 1. The van der Waals surface area contributed by atoms with E-state index in [1.165, 1.54) is 12.8 Å². The van der Waals surface area contributed by atoms with Gasteiger partial charge in [-0.1, -0.05) is 12.2 Å². The fourth-order valence-electron chi connectivity index (χ4n) is 2.69. The van der Waals surface area contributed by atoms with Crippen LogP contribution in [0.5, 0.6) is 0 Å². The maximum Gasteiger partial charge on any atom is 0.138 e. The van der Waals surface area contributed by atoms with Crippen molar-refractivity contribution < 1.29 is 0 Å². The smallest absolute Gasteiger partial charge is 0.138 e. The van der Waals surface area contributed by atoms with Gasteiger partial charge in [0.15, 0.2) is 0 Å². The molecule has 0 spiro atoms. The van der Waals surface area contributed by atoms with Crippen molar-refractivity contribution in [3.63, 3.8) is 0 Å². The van der Waals surface area contributed by atoms with E-state index in [2.05, 4.69) is 28.9 Å². The molecule has 4 nitrogen and oxygen atoms in total. The van der Waals surface area contributed by atoms with Crippen LogP contribution in [-0.4, -0.2) is 48.6 Å². The van der Waals surface area contributed by atoms with Crippen molar-refractivity contribution in [2.45, 2.75) is 12.8 Å². The summed E-state index contributed by atoms with van der Waals surface area (Å²) in [6.07, 6.45) is 4.21. The zero-order valence-corrected chi connectivity index (χ0v) is 12.5. The van der Waals surface area contributed by atoms with Crippen molar-refractivity contribution >= 4 is 23.0 Å². The number of hydrogen-bond acceptors (Lipinski definition) is 4. The van der Waals surface area contributed by atoms with Gasteiger partial charge >= 0.3 is 0 Å². The summed E-state index contributed by atoms with van der Waals surface area (Å²) in [5.41, 5.74) is 6.66. The molecule has 1 aliphatic heterocycles. The largest absolute Gasteiger partial charge is 0.389 e. The normalized spacial score (nSPS) is 16.9. The molecule has 0 bridgehead atoms. The average molecular weight is 278 g/mol. The van der Waals surface area contributed by atoms with Gasteiger partial charge in [-0.3, -0.25) is 0 Å². The summed E-state index contributed by atoms with van der Waals surface area (Å²) in [4.78, 5) is 9.46. The lowest BCUT2D eigenvalue weighted by Crippen LogP contribution is -2.38. The summed E-state index contributed by atoms with van der Waals surface area (Å²) >= 11 is 5.10. The molecule has 0 aromatic carbocycles. The molecule has 0 atom stereocenters. The highest BCUT2D eigenvalue weighted by Gasteiger charge is 2.22. The molecule has 19 heavy (non-hydrogen) atoms. The summed E-state index contributed by atoms with van der Waals surface area (Å²) in [6.45, 7) is 3.23. The zero-order chi connectivity index (χ0) is 13.8. The molecule has 1 fully saturated rings. The molecule has 0 saturated carbocycles. The Bertz CT molecular complexity index is 439. The van der Waals surface area contributed by atoms with Gasteiger partial charge in [0.05, 0.1) is 5.56 Å². The Morgan fingerprint density at radius 1 is 1.47 bits per heavy atom. The predicted octanol–water partition coefficient (Wildman–Crippen LogP) is 1.49. The Kier molecular flexibility index (Phi) is 4.71. The summed E-state index contributed by atoms with van der Waals surface area (Å²) < 4.78 is 0. The first-order chi connectivity index (χ1) is 9.08. The maximum atomic E-state index is 5.77. The van der Waals surface area contributed by atoms with Crippen LogP contribution in [-0.2, 0) is 0 Å². The number of piperidine rings is 1. The van der Waals surface area contributed by atoms with Crippen LogP contribution in [0, 0.1) is 5.92 Å². The number of nitrogens with zero attached hydrogens (tertiary/aromatic N) is 3. The third-order valence-corrected chi connectivity index (χ3v) is 3.81. The minimum atomic E-state index is 0.429. The molecule has 0 amide bonds. The molecule has 1 aromatic heterocycles. The third kappa shape index (κ3) is 3.64. The molecule has 0 unspecified atom stereocenters. The summed E-state index contributed by atoms with van der Waals surface area (Å²) in [6, 6.07) is 3.84. The Balaban J connectivity index is 2.04. The molecule has 1 aliphatic rings. The highest BCUT2D eigenvalue weighted by atomic mass is 32.1. The molecule has 2 rings (SSSR count). The van der Waals surface area contributed by atoms with E-state index >= 15 is 0 Å². The van der Waals surface area contributed by atoms with Crippen molar-refractivity contribution in [3.05, 3.63) is 23.9 Å². The average Bonchev–Trinajstić information content (AvgIpc) is 2.39. The van der Waals surface area contributed by atoms with Crippen molar-refractivity contribution in [2.24, 2.45) is 11.7 Å². The third-order valence-electron chi connectivity index (χ3n) is 3.59. The molecule has 104 valence electrons. The lowest BCUT2D eigenvalue weighted by Gasteiger charge is -2.34. The van der Waals surface area contributed by atoms with E-state index in [0.717, 1.165) is 36.9 Å². The number of rotatable bonds is 4. The maximum absolute atomic E-state index is 5.77. The zero-order valence-electron chi connectivity index (χ0n) is 11.7. The van der Waals surface area contributed by atoms with E-state index in [-0.39, 0.29) is 0 Å². The van der Waals surface area contributed by atoms with Gasteiger partial charge in [-0.15, -0.1) is 0 Å². The predicted molar refractivity (Wildman–Crippen MR) is 83.6 cm³/mol. The van der Waals surface area contributed by atoms with Crippen LogP contribution in [0.3, 0.4) is 0 Å². The number of aromatic nitrogens is 1. The van der Waals surface area contributed by atoms with Crippen LogP contribution < -0.4 is 10.6 Å². The van der Waals surface area contributed by atoms with Gasteiger partial charge in [0, 0.05) is 25.8 Å². The number of hydrogen-bond donors (Lipinski definition) is 1. The van der Waals surface area contributed by atoms with Crippen molar-refractivity contribution in [1.82, 2.24) is 9.88 Å². The van der Waals surface area contributed by atoms with E-state index < -0.39 is 0 Å². The number of thiocarbonyl (C=S) groups is 1. The number of pyridine rings is 1. The molecular weight excluding hydrogens is 256 g/mol. The van der Waals surface area contributed by atoms with E-state index in [4.69, 9.17) is 18.0 Å². The van der Waals surface area contributed by atoms with Gasteiger partial charge in [-0.05, 0) is 45.0 Å². The molecule has 1 saturated heterocycles. The minimum absolute atomic E-state index is 0.429. The fourth-order valence-corrected chi connectivity index (χ4v) is 2.84. The van der Waals surface area contributed by atoms with Gasteiger partial charge in [0.1, 0.15) is 10.8 Å². The van der Waals surface area contributed by atoms with Gasteiger partial charge in [0.2, 0.25) is 0 Å². The van der Waals surface area contributed by atoms with Crippen LogP contribution in [0.1, 0.15) is 18.4 Å². The van der Waals surface area contributed by atoms with E-state index in [9.17, 15) is 0 Å². The molecule has 0 radical (unpaired) electrons. The second-order valence-corrected chi connectivity index (χ2v) is 5.87. The van der Waals surface area contributed by atoms with Crippen molar-refractivity contribution in [3.8, 4) is 0 Å². The summed E-state index contributed by atoms with van der Waals surface area (Å²) in [5, 5.41) is 0. The van der Waals surface area contributed by atoms with Crippen molar-refractivity contribution in [1.29, 1.82) is 0 Å². The van der Waals surface area contributed by atoms with Gasteiger partial charge in [-0.2, -0.15) is 0 Å². The van der Waals surface area contributed by atoms with Crippen LogP contribution in [0.4, 0.5) is 5.82 Å². The summed E-state index contributed by atoms with van der Waals surface area (Å²) in [7, 11) is 4.27. The second kappa shape index (κ2) is 6.30. The first-order valence-corrected chi connectivity index (χ1v) is 7.13. The second-order valence-electron chi connectivity index (χ2n) is 5.43. The SMILES string of the molecule is CN(C)CC1CCN(c2ncccc2C(N)=S)CC1. The lowest BCUT2D eigenvalue weighted by atomic mass is 9.96. The van der Waals surface area contributed by atoms with Crippen LogP contribution in [0.15, 0.2) is 18.3 Å². The fraction of sp³-hybridized carbons (Fsp3) is 0.571.